The van der Waals surface area contributed by atoms with Gasteiger partial charge in [0.25, 0.3) is 15.9 Å². The van der Waals surface area contributed by atoms with E-state index < -0.39 is 10.0 Å². The van der Waals surface area contributed by atoms with Crippen molar-refractivity contribution >= 4 is 33.5 Å². The van der Waals surface area contributed by atoms with Crippen molar-refractivity contribution in [1.82, 2.24) is 19.0 Å². The maximum absolute atomic E-state index is 13.9. The molecule has 2 aromatic heterocycles. The van der Waals surface area contributed by atoms with Gasteiger partial charge in [-0.15, -0.1) is 0 Å². The second kappa shape index (κ2) is 14.2. The van der Waals surface area contributed by atoms with Gasteiger partial charge in [-0.1, -0.05) is 57.0 Å². The normalized spacial score (nSPS) is 20.9. The summed E-state index contributed by atoms with van der Waals surface area (Å²) in [5, 5.41) is 10.7. The van der Waals surface area contributed by atoms with Gasteiger partial charge in [-0.25, -0.2) is 17.9 Å². The van der Waals surface area contributed by atoms with Gasteiger partial charge in [-0.3, -0.25) is 10.1 Å². The topological polar surface area (TPSA) is 130 Å². The Hall–Kier alpha value is -4.42. The Kier molecular flexibility index (Phi) is 9.81. The van der Waals surface area contributed by atoms with E-state index in [0.717, 1.165) is 73.9 Å². The summed E-state index contributed by atoms with van der Waals surface area (Å²) in [7, 11) is -3.77. The highest BCUT2D eigenvalue weighted by atomic mass is 32.2. The van der Waals surface area contributed by atoms with E-state index in [1.54, 1.807) is 11.6 Å². The Bertz CT molecular complexity index is 2040. The van der Waals surface area contributed by atoms with E-state index in [2.05, 4.69) is 37.5 Å². The number of amides is 3. The minimum atomic E-state index is -3.77. The van der Waals surface area contributed by atoms with Crippen molar-refractivity contribution in [2.75, 3.05) is 23.7 Å². The molecule has 2 unspecified atom stereocenters. The molecule has 3 aliphatic heterocycles. The van der Waals surface area contributed by atoms with Gasteiger partial charge in [-0.2, -0.15) is 9.40 Å². The van der Waals surface area contributed by atoms with Gasteiger partial charge in [0.1, 0.15) is 11.6 Å². The van der Waals surface area contributed by atoms with E-state index in [1.807, 2.05) is 60.4 Å². The van der Waals surface area contributed by atoms with E-state index >= 15 is 0 Å². The molecule has 3 amide bonds. The predicted molar refractivity (Wildman–Crippen MR) is 202 cm³/mol. The number of hydrogen-bond donors (Lipinski definition) is 2. The third-order valence-electron chi connectivity index (χ3n) is 10.8. The average Bonchev–Trinajstić information content (AvgIpc) is 3.79. The molecule has 3 aliphatic rings. The number of nitrogens with one attached hydrogen (secondary N) is 2. The summed E-state index contributed by atoms with van der Waals surface area (Å²) >= 11 is 0. The number of anilines is 2. The number of sulfonamides is 1. The molecule has 7 rings (SSSR count). The van der Waals surface area contributed by atoms with Gasteiger partial charge < -0.3 is 14.6 Å². The molecular formula is C40H50N6O5S. The number of benzene rings is 2. The van der Waals surface area contributed by atoms with Gasteiger partial charge in [0, 0.05) is 48.4 Å². The number of fused-ring (bicyclic) bond motifs is 2. The summed E-state index contributed by atoms with van der Waals surface area (Å²) in [6.07, 6.45) is 7.13. The molecule has 5 heterocycles. The Labute approximate surface area is 306 Å². The van der Waals surface area contributed by atoms with Crippen LogP contribution >= 0.6 is 0 Å². The van der Waals surface area contributed by atoms with Gasteiger partial charge >= 0.3 is 6.03 Å². The molecule has 0 saturated carbocycles. The smallest absolute Gasteiger partial charge is 0.324 e. The number of aromatic nitrogens is 2. The van der Waals surface area contributed by atoms with Crippen LogP contribution in [0.2, 0.25) is 0 Å². The molecule has 2 N–H and O–H groups in total. The third kappa shape index (κ3) is 7.41. The highest BCUT2D eigenvalue weighted by molar-refractivity contribution is 7.89. The van der Waals surface area contributed by atoms with E-state index in [-0.39, 0.29) is 34.5 Å². The summed E-state index contributed by atoms with van der Waals surface area (Å²) < 4.78 is 35.5. The van der Waals surface area contributed by atoms with Gasteiger partial charge in [-0.05, 0) is 94.5 Å². The minimum absolute atomic E-state index is 0.0937. The van der Waals surface area contributed by atoms with Gasteiger partial charge in [0.15, 0.2) is 0 Å². The van der Waals surface area contributed by atoms with Crippen LogP contribution < -0.4 is 10.6 Å². The van der Waals surface area contributed by atoms with E-state index in [4.69, 9.17) is 9.52 Å². The fourth-order valence-electron chi connectivity index (χ4n) is 8.06. The number of piperidine rings is 2. The summed E-state index contributed by atoms with van der Waals surface area (Å²) in [4.78, 5) is 29.2. The van der Waals surface area contributed by atoms with Crippen molar-refractivity contribution in [3.05, 3.63) is 88.8 Å². The highest BCUT2D eigenvalue weighted by Gasteiger charge is 2.44. The van der Waals surface area contributed by atoms with Crippen molar-refractivity contribution in [2.24, 2.45) is 5.92 Å². The highest BCUT2D eigenvalue weighted by Crippen LogP contribution is 2.41. The number of carbonyl (C=O) groups excluding carboxylic acids is 2. The van der Waals surface area contributed by atoms with Crippen LogP contribution in [0.1, 0.15) is 98.7 Å². The third-order valence-corrected chi connectivity index (χ3v) is 12.6. The number of aryl methyl sites for hydroxylation is 2. The number of carbonyl (C=O) groups is 2. The number of hydrogen-bond acceptors (Lipinski definition) is 6. The van der Waals surface area contributed by atoms with Crippen LogP contribution in [0.15, 0.2) is 70.2 Å². The van der Waals surface area contributed by atoms with Crippen LogP contribution in [-0.2, 0) is 21.9 Å². The number of nitrogens with zero attached hydrogens (tertiary/aromatic N) is 4. The lowest BCUT2D eigenvalue weighted by atomic mass is 9.85. The number of rotatable bonds is 8. The van der Waals surface area contributed by atoms with Crippen molar-refractivity contribution in [3.8, 4) is 5.69 Å². The van der Waals surface area contributed by atoms with E-state index in [9.17, 15) is 18.0 Å². The zero-order valence-electron chi connectivity index (χ0n) is 30.8. The van der Waals surface area contributed by atoms with Crippen LogP contribution in [0.3, 0.4) is 0 Å². The summed E-state index contributed by atoms with van der Waals surface area (Å²) in [6, 6.07) is 19.2. The SMILES string of the molecule is Cc1ccc(-n2nc(C(C)(C)C)cc2NC(=O)Nc2cccc(CC3CC4CCC(C3)N4C(=O)c3cc(S(=O)(=O)N4CCCCC4)oc3C)c2)cc1. The summed E-state index contributed by atoms with van der Waals surface area (Å²) in [5.74, 6) is 1.18. The molecule has 12 heteroatoms. The first-order valence-electron chi connectivity index (χ1n) is 18.5. The predicted octanol–water partition coefficient (Wildman–Crippen LogP) is 7.82. The van der Waals surface area contributed by atoms with Gasteiger partial charge in [0.2, 0.25) is 5.09 Å². The Morgan fingerprint density at radius 1 is 0.904 bits per heavy atom. The quantitative estimate of drug-likeness (QED) is 0.191. The molecule has 52 heavy (non-hydrogen) atoms. The zero-order valence-corrected chi connectivity index (χ0v) is 31.6. The molecular weight excluding hydrogens is 677 g/mol. The minimum Gasteiger partial charge on any atom is -0.448 e. The van der Waals surface area contributed by atoms with Crippen LogP contribution in [0.25, 0.3) is 5.69 Å². The number of furan rings is 1. The van der Waals surface area contributed by atoms with Crippen LogP contribution in [-0.4, -0.2) is 64.5 Å². The first-order chi connectivity index (χ1) is 24.8. The lowest BCUT2D eigenvalue weighted by molar-refractivity contribution is 0.0523. The Morgan fingerprint density at radius 3 is 2.27 bits per heavy atom. The first-order valence-corrected chi connectivity index (χ1v) is 20.0. The Morgan fingerprint density at radius 2 is 1.60 bits per heavy atom. The number of urea groups is 1. The van der Waals surface area contributed by atoms with Crippen molar-refractivity contribution in [2.45, 2.75) is 109 Å². The van der Waals surface area contributed by atoms with E-state index in [1.165, 1.54) is 10.4 Å². The Balaban J connectivity index is 0.992. The molecule has 0 spiro atoms. The molecule has 2 aromatic carbocycles. The molecule has 2 atom stereocenters. The molecule has 0 radical (unpaired) electrons. The molecule has 276 valence electrons. The summed E-state index contributed by atoms with van der Waals surface area (Å²) in [6.45, 7) is 11.0. The standard InChI is InChI=1S/C40H50N6O5S/c1-26-12-14-31(15-13-26)46-36(25-35(43-46)40(3,4)5)42-39(48)41-30-11-9-10-28(21-30)20-29-22-32-16-17-33(23-29)45(32)38(47)34-24-37(51-27(34)2)52(49,50)44-18-7-6-8-19-44/h9-15,21,24-25,29,32-33H,6-8,16-20,22-23H2,1-5H3,(H2,41,42,48). The van der Waals surface area contributed by atoms with Crippen molar-refractivity contribution < 1.29 is 22.4 Å². The lowest BCUT2D eigenvalue weighted by Crippen LogP contribution is -2.47. The largest absolute Gasteiger partial charge is 0.448 e. The van der Waals surface area contributed by atoms with Crippen LogP contribution in [0.5, 0.6) is 0 Å². The molecule has 3 saturated heterocycles. The molecule has 11 nitrogen and oxygen atoms in total. The average molecular weight is 727 g/mol. The summed E-state index contributed by atoms with van der Waals surface area (Å²) in [5.41, 5.74) is 4.86. The maximum Gasteiger partial charge on any atom is 0.324 e. The fourth-order valence-corrected chi connectivity index (χ4v) is 9.55. The van der Waals surface area contributed by atoms with Crippen LogP contribution in [0.4, 0.5) is 16.3 Å². The van der Waals surface area contributed by atoms with E-state index in [0.29, 0.717) is 41.8 Å². The second-order valence-corrected chi connectivity index (χ2v) is 17.7. The monoisotopic (exact) mass is 726 g/mol. The fraction of sp³-hybridized carbons (Fsp3) is 0.475. The van der Waals surface area contributed by atoms with Gasteiger partial charge in [0.05, 0.1) is 16.9 Å². The lowest BCUT2D eigenvalue weighted by Gasteiger charge is -2.39. The first kappa shape index (κ1) is 36.0. The van der Waals surface area contributed by atoms with Crippen molar-refractivity contribution in [1.29, 1.82) is 0 Å². The second-order valence-electron chi connectivity index (χ2n) is 15.8. The molecule has 2 bridgehead atoms. The molecule has 0 aliphatic carbocycles. The maximum atomic E-state index is 13.9. The molecule has 4 aromatic rings. The van der Waals surface area contributed by atoms with Crippen molar-refractivity contribution in [3.63, 3.8) is 0 Å². The van der Waals surface area contributed by atoms with Crippen LogP contribution in [0, 0.1) is 19.8 Å². The zero-order chi connectivity index (χ0) is 36.8. The molecule has 3 fully saturated rings.